The van der Waals surface area contributed by atoms with E-state index in [1.165, 1.54) is 22.7 Å². The molecule has 4 rings (SSSR count). The fourth-order valence-electron chi connectivity index (χ4n) is 5.01. The second kappa shape index (κ2) is 9.28. The third-order valence-electron chi connectivity index (χ3n) is 6.95. The van der Waals surface area contributed by atoms with Crippen LogP contribution in [0.5, 0.6) is 0 Å². The number of pyridine rings is 1. The molecule has 0 aliphatic carbocycles. The Morgan fingerprint density at radius 3 is 2.55 bits per heavy atom. The van der Waals surface area contributed by atoms with Crippen LogP contribution in [0.4, 0.5) is 0 Å². The molecule has 0 saturated carbocycles. The van der Waals surface area contributed by atoms with Gasteiger partial charge in [0, 0.05) is 54.9 Å². The van der Waals surface area contributed by atoms with Crippen molar-refractivity contribution >= 4 is 40.0 Å². The summed E-state index contributed by atoms with van der Waals surface area (Å²) in [4.78, 5) is 19.3. The molecule has 3 aromatic rings. The van der Waals surface area contributed by atoms with Crippen LogP contribution in [-0.4, -0.2) is 44.2 Å². The molecule has 1 aromatic carbocycles. The number of aryl methyl sites for hydroxylation is 3. The lowest BCUT2D eigenvalue weighted by molar-refractivity contribution is -0.0233. The van der Waals surface area contributed by atoms with Gasteiger partial charge in [-0.25, -0.2) is 4.98 Å². The van der Waals surface area contributed by atoms with E-state index in [0.717, 1.165) is 24.1 Å². The number of hydrogen-bond donors (Lipinski definition) is 1. The van der Waals surface area contributed by atoms with Crippen molar-refractivity contribution in [2.24, 2.45) is 7.05 Å². The number of carbonyl (C=O) groups excluding carboxylic acids is 1. The Hall–Kier alpha value is -2.08. The maximum Gasteiger partial charge on any atom is 0.256 e. The number of piperidine rings is 1. The molecule has 2 aromatic heterocycles. The van der Waals surface area contributed by atoms with E-state index in [-0.39, 0.29) is 5.91 Å². The number of rotatable bonds is 5. The highest BCUT2D eigenvalue weighted by Gasteiger charge is 2.34. The van der Waals surface area contributed by atoms with E-state index < -0.39 is 5.60 Å². The zero-order valence-corrected chi connectivity index (χ0v) is 21.2. The number of amides is 1. The molecule has 7 heteroatoms. The van der Waals surface area contributed by atoms with Gasteiger partial charge in [-0.15, -0.1) is 0 Å². The SMILES string of the molecule is CCCC1(O)CCN(C(=O)c2cnc(Cl)c(Cc3cc4c(C)cc(C)cc4n3C)c2Cl)CC1. The average Bonchev–Trinajstić information content (AvgIpc) is 3.07. The average molecular weight is 488 g/mol. The lowest BCUT2D eigenvalue weighted by Gasteiger charge is -2.38. The van der Waals surface area contributed by atoms with Crippen molar-refractivity contribution in [1.29, 1.82) is 0 Å². The second-order valence-electron chi connectivity index (χ2n) is 9.41. The van der Waals surface area contributed by atoms with Crippen LogP contribution < -0.4 is 0 Å². The van der Waals surface area contributed by atoms with Gasteiger partial charge < -0.3 is 14.6 Å². The summed E-state index contributed by atoms with van der Waals surface area (Å²) in [5, 5.41) is 12.5. The minimum Gasteiger partial charge on any atom is -0.390 e. The van der Waals surface area contributed by atoms with Crippen LogP contribution in [0, 0.1) is 13.8 Å². The highest BCUT2D eigenvalue weighted by molar-refractivity contribution is 6.37. The third kappa shape index (κ3) is 4.64. The van der Waals surface area contributed by atoms with Crippen LogP contribution in [0.3, 0.4) is 0 Å². The Labute approximate surface area is 205 Å². The van der Waals surface area contributed by atoms with Gasteiger partial charge in [0.15, 0.2) is 0 Å². The van der Waals surface area contributed by atoms with Crippen molar-refractivity contribution in [2.75, 3.05) is 13.1 Å². The third-order valence-corrected chi connectivity index (χ3v) is 7.71. The summed E-state index contributed by atoms with van der Waals surface area (Å²) in [6.07, 6.45) is 4.78. The Balaban J connectivity index is 1.62. The fourth-order valence-corrected chi connectivity index (χ4v) is 5.56. The van der Waals surface area contributed by atoms with Crippen LogP contribution in [0.15, 0.2) is 24.4 Å². The van der Waals surface area contributed by atoms with E-state index in [4.69, 9.17) is 23.2 Å². The molecule has 1 N–H and O–H groups in total. The number of aromatic nitrogens is 2. The number of likely N-dealkylation sites (tertiary alicyclic amines) is 1. The topological polar surface area (TPSA) is 58.4 Å². The van der Waals surface area contributed by atoms with Gasteiger partial charge in [-0.2, -0.15) is 0 Å². The first-order valence-electron chi connectivity index (χ1n) is 11.5. The van der Waals surface area contributed by atoms with E-state index in [1.807, 2.05) is 7.05 Å². The molecule has 0 unspecified atom stereocenters. The Morgan fingerprint density at radius 2 is 1.88 bits per heavy atom. The van der Waals surface area contributed by atoms with Crippen LogP contribution in [0.1, 0.15) is 65.3 Å². The predicted octanol–water partition coefficient (Wildman–Crippen LogP) is 5.85. The molecule has 1 aliphatic rings. The van der Waals surface area contributed by atoms with Crippen LogP contribution in [0.25, 0.3) is 10.9 Å². The minimum atomic E-state index is -0.677. The molecule has 1 saturated heterocycles. The molecule has 33 heavy (non-hydrogen) atoms. The molecule has 0 atom stereocenters. The molecule has 0 spiro atoms. The quantitative estimate of drug-likeness (QED) is 0.458. The molecule has 1 amide bonds. The lowest BCUT2D eigenvalue weighted by Crippen LogP contribution is -2.46. The zero-order valence-electron chi connectivity index (χ0n) is 19.7. The van der Waals surface area contributed by atoms with Crippen molar-refractivity contribution in [2.45, 2.75) is 58.5 Å². The zero-order chi connectivity index (χ0) is 23.9. The van der Waals surface area contributed by atoms with E-state index >= 15 is 0 Å². The number of halogens is 2. The fraction of sp³-hybridized carbons (Fsp3) is 0.462. The maximum atomic E-state index is 13.3. The largest absolute Gasteiger partial charge is 0.390 e. The summed E-state index contributed by atoms with van der Waals surface area (Å²) in [6, 6.07) is 6.50. The molecule has 5 nitrogen and oxygen atoms in total. The molecular weight excluding hydrogens is 457 g/mol. The number of carbonyl (C=O) groups is 1. The first kappa shape index (κ1) is 24.1. The number of hydrogen-bond acceptors (Lipinski definition) is 3. The molecule has 0 bridgehead atoms. The van der Waals surface area contributed by atoms with Crippen molar-refractivity contribution < 1.29 is 9.90 Å². The van der Waals surface area contributed by atoms with Crippen LogP contribution >= 0.6 is 23.2 Å². The van der Waals surface area contributed by atoms with Gasteiger partial charge in [-0.05, 0) is 56.4 Å². The summed E-state index contributed by atoms with van der Waals surface area (Å²) >= 11 is 13.2. The highest BCUT2D eigenvalue weighted by Crippen LogP contribution is 2.33. The van der Waals surface area contributed by atoms with Gasteiger partial charge in [0.1, 0.15) is 5.15 Å². The lowest BCUT2D eigenvalue weighted by atomic mass is 9.87. The molecule has 176 valence electrons. The molecule has 1 aliphatic heterocycles. The summed E-state index contributed by atoms with van der Waals surface area (Å²) in [5.41, 5.74) is 4.99. The standard InChI is InChI=1S/C26H31Cl2N3O2/c1-5-6-26(33)7-9-31(10-8-26)25(32)21-15-29-24(28)20(23(21)27)14-18-13-19-17(3)11-16(2)12-22(19)30(18)4/h11-13,15,33H,5-10,14H2,1-4H3. The number of benzene rings is 1. The van der Waals surface area contributed by atoms with Crippen molar-refractivity contribution in [3.05, 3.63) is 62.5 Å². The van der Waals surface area contributed by atoms with Gasteiger partial charge in [-0.3, -0.25) is 4.79 Å². The summed E-state index contributed by atoms with van der Waals surface area (Å²) < 4.78 is 2.15. The summed E-state index contributed by atoms with van der Waals surface area (Å²) in [6.45, 7) is 7.28. The normalized spacial score (nSPS) is 15.9. The van der Waals surface area contributed by atoms with Crippen LogP contribution in [-0.2, 0) is 13.5 Å². The van der Waals surface area contributed by atoms with Gasteiger partial charge in [0.25, 0.3) is 5.91 Å². The molecule has 3 heterocycles. The Kier molecular flexibility index (Phi) is 6.77. The Bertz CT molecular complexity index is 1210. The number of aliphatic hydroxyl groups is 1. The van der Waals surface area contributed by atoms with Crippen molar-refractivity contribution in [1.82, 2.24) is 14.5 Å². The van der Waals surface area contributed by atoms with Gasteiger partial charge in [0.2, 0.25) is 0 Å². The smallest absolute Gasteiger partial charge is 0.256 e. The first-order valence-corrected chi connectivity index (χ1v) is 12.3. The van der Waals surface area contributed by atoms with Gasteiger partial charge in [0.05, 0.1) is 16.2 Å². The predicted molar refractivity (Wildman–Crippen MR) is 134 cm³/mol. The number of fused-ring (bicyclic) bond motifs is 1. The summed E-state index contributed by atoms with van der Waals surface area (Å²) in [7, 11) is 2.03. The van der Waals surface area contributed by atoms with Crippen LogP contribution in [0.2, 0.25) is 10.2 Å². The highest BCUT2D eigenvalue weighted by atomic mass is 35.5. The van der Waals surface area contributed by atoms with E-state index in [2.05, 4.69) is 48.5 Å². The molecule has 0 radical (unpaired) electrons. The monoisotopic (exact) mass is 487 g/mol. The van der Waals surface area contributed by atoms with Crippen molar-refractivity contribution in [3.63, 3.8) is 0 Å². The van der Waals surface area contributed by atoms with Gasteiger partial charge >= 0.3 is 0 Å². The second-order valence-corrected chi connectivity index (χ2v) is 10.1. The minimum absolute atomic E-state index is 0.160. The van der Waals surface area contributed by atoms with E-state index in [9.17, 15) is 9.90 Å². The van der Waals surface area contributed by atoms with E-state index in [0.29, 0.717) is 53.7 Å². The first-order chi connectivity index (χ1) is 15.6. The molecule has 1 fully saturated rings. The Morgan fingerprint density at radius 1 is 1.18 bits per heavy atom. The summed E-state index contributed by atoms with van der Waals surface area (Å²) in [5.74, 6) is -0.160. The van der Waals surface area contributed by atoms with E-state index in [1.54, 1.807) is 4.90 Å². The van der Waals surface area contributed by atoms with Crippen molar-refractivity contribution in [3.8, 4) is 0 Å². The van der Waals surface area contributed by atoms with Gasteiger partial charge in [-0.1, -0.05) is 42.6 Å². The maximum absolute atomic E-state index is 13.3. The number of nitrogens with zero attached hydrogens (tertiary/aromatic N) is 3. The molecular formula is C26H31Cl2N3O2.